The number of carbonyl (C=O) groups is 1. The quantitative estimate of drug-likeness (QED) is 0.824. The molecule has 1 saturated carbocycles. The minimum Gasteiger partial charge on any atom is -0.299 e. The molecule has 0 aromatic carbocycles. The summed E-state index contributed by atoms with van der Waals surface area (Å²) in [5.41, 5.74) is 1.21. The Labute approximate surface area is 124 Å². The van der Waals surface area contributed by atoms with Crippen LogP contribution in [0.4, 0.5) is 0 Å². The Kier molecular flexibility index (Phi) is 4.44. The lowest BCUT2D eigenvalue weighted by atomic mass is 9.66. The fourth-order valence-electron chi connectivity index (χ4n) is 3.23. The van der Waals surface area contributed by atoms with E-state index in [0.717, 1.165) is 23.7 Å². The Hall–Kier alpha value is -0.700. The van der Waals surface area contributed by atoms with E-state index >= 15 is 0 Å². The summed E-state index contributed by atoms with van der Waals surface area (Å²) in [4.78, 5) is 16.5. The first-order valence-corrected chi connectivity index (χ1v) is 7.80. The van der Waals surface area contributed by atoms with Crippen LogP contribution < -0.4 is 0 Å². The molecule has 104 valence electrons. The maximum absolute atomic E-state index is 12.3. The van der Waals surface area contributed by atoms with Gasteiger partial charge in [0.25, 0.3) is 0 Å². The normalized spacial score (nSPS) is 24.5. The predicted molar refractivity (Wildman–Crippen MR) is 80.9 cm³/mol. The van der Waals surface area contributed by atoms with Crippen LogP contribution in [0, 0.1) is 17.3 Å². The van der Waals surface area contributed by atoms with Crippen LogP contribution >= 0.6 is 15.9 Å². The Morgan fingerprint density at radius 2 is 2.11 bits per heavy atom. The van der Waals surface area contributed by atoms with Crippen LogP contribution in [0.25, 0.3) is 0 Å². The van der Waals surface area contributed by atoms with Crippen molar-refractivity contribution >= 4 is 21.7 Å². The molecular formula is C16H22BrNO. The van der Waals surface area contributed by atoms with Crippen LogP contribution in [0.5, 0.6) is 0 Å². The first-order chi connectivity index (χ1) is 8.88. The first-order valence-electron chi connectivity index (χ1n) is 7.00. The summed E-state index contributed by atoms with van der Waals surface area (Å²) < 4.78 is 1.00. The summed E-state index contributed by atoms with van der Waals surface area (Å²) in [6.07, 6.45) is 7.58. The highest BCUT2D eigenvalue weighted by Gasteiger charge is 2.37. The zero-order chi connectivity index (χ0) is 14.0. The zero-order valence-corrected chi connectivity index (χ0v) is 13.5. The molecule has 1 fully saturated rings. The van der Waals surface area contributed by atoms with Crippen molar-refractivity contribution in [2.24, 2.45) is 17.3 Å². The van der Waals surface area contributed by atoms with Gasteiger partial charge in [0.05, 0.1) is 0 Å². The molecule has 0 saturated heterocycles. The van der Waals surface area contributed by atoms with Crippen molar-refractivity contribution in [3.05, 3.63) is 28.5 Å². The first kappa shape index (κ1) is 14.7. The van der Waals surface area contributed by atoms with Gasteiger partial charge in [-0.3, -0.25) is 9.78 Å². The van der Waals surface area contributed by atoms with Crippen LogP contribution in [-0.2, 0) is 11.2 Å². The molecule has 0 spiro atoms. The molecule has 0 bridgehead atoms. The van der Waals surface area contributed by atoms with Gasteiger partial charge in [-0.15, -0.1) is 0 Å². The van der Waals surface area contributed by atoms with E-state index in [0.29, 0.717) is 11.7 Å². The second kappa shape index (κ2) is 5.74. The number of aromatic nitrogens is 1. The number of halogens is 1. The molecule has 0 radical (unpaired) electrons. The van der Waals surface area contributed by atoms with Crippen LogP contribution in [0.2, 0.25) is 0 Å². The summed E-state index contributed by atoms with van der Waals surface area (Å²) in [7, 11) is 0. The molecule has 0 N–H and O–H groups in total. The van der Waals surface area contributed by atoms with Gasteiger partial charge in [-0.1, -0.05) is 20.8 Å². The standard InChI is InChI=1S/C16H22BrNO/c1-11-4-5-14(15(19)6-11)16(2,3)8-12-7-13(17)10-18-9-12/h7,9-11,14H,4-6,8H2,1-3H3. The molecule has 1 aromatic rings. The van der Waals surface area contributed by atoms with E-state index in [2.05, 4.69) is 47.8 Å². The van der Waals surface area contributed by atoms with Gasteiger partial charge in [-0.05, 0) is 58.2 Å². The van der Waals surface area contributed by atoms with Crippen molar-refractivity contribution in [3.63, 3.8) is 0 Å². The van der Waals surface area contributed by atoms with E-state index in [1.54, 1.807) is 6.20 Å². The number of carbonyl (C=O) groups excluding carboxylic acids is 1. The van der Waals surface area contributed by atoms with E-state index in [1.807, 2.05) is 6.20 Å². The molecular weight excluding hydrogens is 302 g/mol. The van der Waals surface area contributed by atoms with Crippen molar-refractivity contribution in [1.29, 1.82) is 0 Å². The van der Waals surface area contributed by atoms with Gasteiger partial charge < -0.3 is 0 Å². The topological polar surface area (TPSA) is 30.0 Å². The number of nitrogens with zero attached hydrogens (tertiary/aromatic N) is 1. The van der Waals surface area contributed by atoms with Crippen LogP contribution in [-0.4, -0.2) is 10.8 Å². The number of Topliss-reactive ketones (excluding diaryl/α,β-unsaturated/α-hetero) is 1. The van der Waals surface area contributed by atoms with Gasteiger partial charge in [0.15, 0.2) is 0 Å². The van der Waals surface area contributed by atoms with E-state index in [4.69, 9.17) is 0 Å². The Balaban J connectivity index is 2.11. The third-order valence-electron chi connectivity index (χ3n) is 4.25. The molecule has 1 aromatic heterocycles. The van der Waals surface area contributed by atoms with Crippen LogP contribution in [0.1, 0.15) is 45.6 Å². The smallest absolute Gasteiger partial charge is 0.136 e. The molecule has 0 amide bonds. The van der Waals surface area contributed by atoms with E-state index < -0.39 is 0 Å². The minimum absolute atomic E-state index is 0.0136. The third-order valence-corrected chi connectivity index (χ3v) is 4.68. The highest BCUT2D eigenvalue weighted by molar-refractivity contribution is 9.10. The van der Waals surface area contributed by atoms with Crippen molar-refractivity contribution in [2.45, 2.75) is 46.5 Å². The monoisotopic (exact) mass is 323 g/mol. The summed E-state index contributed by atoms with van der Waals surface area (Å²) in [6.45, 7) is 6.61. The molecule has 2 nitrogen and oxygen atoms in total. The Bertz CT molecular complexity index is 470. The number of rotatable bonds is 3. The molecule has 1 aliphatic rings. The maximum Gasteiger partial charge on any atom is 0.136 e. The number of hydrogen-bond donors (Lipinski definition) is 0. The van der Waals surface area contributed by atoms with Gasteiger partial charge in [0, 0.05) is 29.2 Å². The fraction of sp³-hybridized carbons (Fsp3) is 0.625. The predicted octanol–water partition coefficient (Wildman–Crippen LogP) is 4.42. The van der Waals surface area contributed by atoms with Crippen molar-refractivity contribution in [1.82, 2.24) is 4.98 Å². The number of hydrogen-bond acceptors (Lipinski definition) is 2. The van der Waals surface area contributed by atoms with E-state index in [1.165, 1.54) is 12.0 Å². The fourth-order valence-corrected chi connectivity index (χ4v) is 3.64. The van der Waals surface area contributed by atoms with Crippen molar-refractivity contribution in [2.75, 3.05) is 0 Å². The molecule has 0 aliphatic heterocycles. The second-order valence-corrected chi connectivity index (χ2v) is 7.50. The third kappa shape index (κ3) is 3.65. The SMILES string of the molecule is CC1CCC(C(C)(C)Cc2cncc(Br)c2)C(=O)C1. The van der Waals surface area contributed by atoms with Gasteiger partial charge in [0.1, 0.15) is 5.78 Å². The van der Waals surface area contributed by atoms with E-state index in [-0.39, 0.29) is 11.3 Å². The molecule has 2 unspecified atom stereocenters. The lowest BCUT2D eigenvalue weighted by Crippen LogP contribution is -2.36. The maximum atomic E-state index is 12.3. The lowest BCUT2D eigenvalue weighted by molar-refractivity contribution is -0.129. The van der Waals surface area contributed by atoms with E-state index in [9.17, 15) is 4.79 Å². The molecule has 1 aliphatic carbocycles. The van der Waals surface area contributed by atoms with Gasteiger partial charge in [-0.2, -0.15) is 0 Å². The Morgan fingerprint density at radius 3 is 2.74 bits per heavy atom. The van der Waals surface area contributed by atoms with Crippen LogP contribution in [0.3, 0.4) is 0 Å². The summed E-state index contributed by atoms with van der Waals surface area (Å²) in [5.74, 6) is 1.21. The molecule has 2 rings (SSSR count). The number of ketones is 1. The second-order valence-electron chi connectivity index (χ2n) is 6.58. The average molecular weight is 324 g/mol. The zero-order valence-electron chi connectivity index (χ0n) is 11.9. The average Bonchev–Trinajstić information content (AvgIpc) is 2.27. The van der Waals surface area contributed by atoms with Crippen molar-refractivity contribution < 1.29 is 4.79 Å². The number of pyridine rings is 1. The largest absolute Gasteiger partial charge is 0.299 e. The highest BCUT2D eigenvalue weighted by Crippen LogP contribution is 2.40. The molecule has 2 atom stereocenters. The minimum atomic E-state index is 0.0136. The van der Waals surface area contributed by atoms with Crippen LogP contribution in [0.15, 0.2) is 22.9 Å². The molecule has 3 heteroatoms. The Morgan fingerprint density at radius 1 is 1.37 bits per heavy atom. The van der Waals surface area contributed by atoms with Crippen molar-refractivity contribution in [3.8, 4) is 0 Å². The molecule has 19 heavy (non-hydrogen) atoms. The van der Waals surface area contributed by atoms with Gasteiger partial charge in [0.2, 0.25) is 0 Å². The summed E-state index contributed by atoms with van der Waals surface area (Å²) in [6, 6.07) is 2.10. The molecule has 1 heterocycles. The summed E-state index contributed by atoms with van der Waals surface area (Å²) in [5, 5.41) is 0. The lowest BCUT2D eigenvalue weighted by Gasteiger charge is -2.37. The highest BCUT2D eigenvalue weighted by atomic mass is 79.9. The summed E-state index contributed by atoms with van der Waals surface area (Å²) >= 11 is 3.46. The van der Waals surface area contributed by atoms with Gasteiger partial charge in [-0.25, -0.2) is 0 Å². The van der Waals surface area contributed by atoms with Gasteiger partial charge >= 0.3 is 0 Å².